The molecule has 0 fully saturated rings. The number of benzene rings is 1. The first-order valence-corrected chi connectivity index (χ1v) is 7.04. The monoisotopic (exact) mass is 451 g/mol. The van der Waals surface area contributed by atoms with E-state index < -0.39 is 6.61 Å². The van der Waals surface area contributed by atoms with Crippen LogP contribution in [0.25, 0.3) is 0 Å². The van der Waals surface area contributed by atoms with Crippen molar-refractivity contribution in [1.82, 2.24) is 20.4 Å². The van der Waals surface area contributed by atoms with Gasteiger partial charge in [0, 0.05) is 32.4 Å². The van der Waals surface area contributed by atoms with Crippen LogP contribution in [0.15, 0.2) is 41.5 Å². The zero-order chi connectivity index (χ0) is 16.7. The summed E-state index contributed by atoms with van der Waals surface area (Å²) in [7, 11) is 3.49. The maximum Gasteiger partial charge on any atom is 0.387 e. The van der Waals surface area contributed by atoms with Crippen LogP contribution < -0.4 is 15.4 Å². The van der Waals surface area contributed by atoms with Crippen molar-refractivity contribution in [2.75, 3.05) is 7.05 Å². The van der Waals surface area contributed by atoms with E-state index in [2.05, 4.69) is 25.5 Å². The molecule has 0 spiro atoms. The number of nitrogens with zero attached hydrogens (tertiary/aromatic N) is 3. The molecule has 1 heterocycles. The molecule has 9 heteroatoms. The summed E-state index contributed by atoms with van der Waals surface area (Å²) in [6, 6.07) is 8.54. The van der Waals surface area contributed by atoms with Crippen LogP contribution in [0, 0.1) is 0 Å². The molecule has 6 nitrogen and oxygen atoms in total. The van der Waals surface area contributed by atoms with Crippen molar-refractivity contribution in [2.45, 2.75) is 19.7 Å². The Bertz CT molecular complexity index is 663. The highest BCUT2D eigenvalue weighted by molar-refractivity contribution is 14.0. The van der Waals surface area contributed by atoms with E-state index in [0.29, 0.717) is 24.6 Å². The van der Waals surface area contributed by atoms with Gasteiger partial charge in [-0.15, -0.1) is 24.0 Å². The third-order valence-electron chi connectivity index (χ3n) is 3.22. The minimum atomic E-state index is -2.85. The second kappa shape index (κ2) is 10.1. The number of aromatic nitrogens is 2. The van der Waals surface area contributed by atoms with Crippen molar-refractivity contribution >= 4 is 29.9 Å². The van der Waals surface area contributed by atoms with Crippen molar-refractivity contribution in [1.29, 1.82) is 0 Å². The Kier molecular flexibility index (Phi) is 8.44. The van der Waals surface area contributed by atoms with Gasteiger partial charge in [0.05, 0.1) is 12.2 Å². The van der Waals surface area contributed by atoms with E-state index in [0.717, 1.165) is 5.69 Å². The Hall–Kier alpha value is -1.91. The molecule has 0 amide bonds. The molecule has 0 bridgehead atoms. The SMILES string of the molecule is CN=C(NCc1ccccc1OC(F)F)NCc1ccnn1C.I. The smallest absolute Gasteiger partial charge is 0.387 e. The van der Waals surface area contributed by atoms with Crippen LogP contribution in [0.2, 0.25) is 0 Å². The number of hydrogen-bond acceptors (Lipinski definition) is 3. The van der Waals surface area contributed by atoms with E-state index >= 15 is 0 Å². The molecule has 0 aliphatic carbocycles. The zero-order valence-electron chi connectivity index (χ0n) is 13.4. The minimum Gasteiger partial charge on any atom is -0.434 e. The molecule has 0 aliphatic heterocycles. The summed E-state index contributed by atoms with van der Waals surface area (Å²) in [4.78, 5) is 4.10. The van der Waals surface area contributed by atoms with Crippen molar-refractivity contribution in [3.63, 3.8) is 0 Å². The number of alkyl halides is 2. The van der Waals surface area contributed by atoms with Gasteiger partial charge in [0.25, 0.3) is 0 Å². The fourth-order valence-corrected chi connectivity index (χ4v) is 2.01. The summed E-state index contributed by atoms with van der Waals surface area (Å²) in [5, 5.41) is 10.3. The van der Waals surface area contributed by atoms with Gasteiger partial charge < -0.3 is 15.4 Å². The van der Waals surface area contributed by atoms with Gasteiger partial charge in [-0.05, 0) is 12.1 Å². The first-order valence-electron chi connectivity index (χ1n) is 7.04. The highest BCUT2D eigenvalue weighted by atomic mass is 127. The lowest BCUT2D eigenvalue weighted by Crippen LogP contribution is -2.36. The molecular weight excluding hydrogens is 431 g/mol. The summed E-state index contributed by atoms with van der Waals surface area (Å²) in [6.07, 6.45) is 1.71. The number of halogens is 3. The molecule has 2 N–H and O–H groups in total. The number of para-hydroxylation sites is 1. The third-order valence-corrected chi connectivity index (χ3v) is 3.22. The van der Waals surface area contributed by atoms with E-state index in [1.54, 1.807) is 36.1 Å². The van der Waals surface area contributed by atoms with Crippen LogP contribution in [-0.4, -0.2) is 29.4 Å². The summed E-state index contributed by atoms with van der Waals surface area (Å²) in [5.74, 6) is 0.704. The van der Waals surface area contributed by atoms with E-state index in [4.69, 9.17) is 0 Å². The number of aliphatic imine (C=N–C) groups is 1. The number of rotatable bonds is 6. The van der Waals surface area contributed by atoms with E-state index in [-0.39, 0.29) is 29.7 Å². The Morgan fingerprint density at radius 3 is 2.58 bits per heavy atom. The molecule has 0 aliphatic rings. The average Bonchev–Trinajstić information content (AvgIpc) is 2.93. The molecule has 0 unspecified atom stereocenters. The molecule has 1 aromatic carbocycles. The highest BCUT2D eigenvalue weighted by Gasteiger charge is 2.09. The third kappa shape index (κ3) is 5.95. The van der Waals surface area contributed by atoms with Gasteiger partial charge >= 0.3 is 6.61 Å². The molecular formula is C15H20F2IN5O. The molecule has 0 atom stereocenters. The molecule has 0 radical (unpaired) electrons. The normalized spacial score (nSPS) is 11.1. The van der Waals surface area contributed by atoms with Gasteiger partial charge in [0.1, 0.15) is 5.75 Å². The lowest BCUT2D eigenvalue weighted by Gasteiger charge is -2.14. The zero-order valence-corrected chi connectivity index (χ0v) is 15.7. The number of hydrogen-bond donors (Lipinski definition) is 2. The Balaban J connectivity index is 0.00000288. The van der Waals surface area contributed by atoms with Crippen LogP contribution in [0.4, 0.5) is 8.78 Å². The molecule has 0 saturated carbocycles. The maximum atomic E-state index is 12.4. The number of aryl methyl sites for hydroxylation is 1. The standard InChI is InChI=1S/C15H19F2N5O.HI/c1-18-15(20-10-12-7-8-21-22(12)2)19-9-11-5-3-4-6-13(11)23-14(16)17;/h3-8,14H,9-10H2,1-2H3,(H2,18,19,20);1H. The lowest BCUT2D eigenvalue weighted by molar-refractivity contribution is -0.0504. The predicted molar refractivity (Wildman–Crippen MR) is 98.7 cm³/mol. The topological polar surface area (TPSA) is 63.5 Å². The number of guanidine groups is 1. The molecule has 2 aromatic rings. The van der Waals surface area contributed by atoms with Crippen molar-refractivity contribution in [3.8, 4) is 5.75 Å². The van der Waals surface area contributed by atoms with Crippen LogP contribution in [0.3, 0.4) is 0 Å². The largest absolute Gasteiger partial charge is 0.434 e. The molecule has 24 heavy (non-hydrogen) atoms. The van der Waals surface area contributed by atoms with E-state index in [1.807, 2.05) is 13.1 Å². The summed E-state index contributed by atoms with van der Waals surface area (Å²) >= 11 is 0. The Morgan fingerprint density at radius 2 is 1.96 bits per heavy atom. The molecule has 2 rings (SSSR count). The second-order valence-electron chi connectivity index (χ2n) is 4.71. The fourth-order valence-electron chi connectivity index (χ4n) is 2.01. The van der Waals surface area contributed by atoms with Gasteiger partial charge in [-0.3, -0.25) is 9.67 Å². The molecule has 132 valence electrons. The van der Waals surface area contributed by atoms with Gasteiger partial charge in [-0.1, -0.05) is 18.2 Å². The lowest BCUT2D eigenvalue weighted by atomic mass is 10.2. The van der Waals surface area contributed by atoms with Gasteiger partial charge in [0.2, 0.25) is 0 Å². The summed E-state index contributed by atoms with van der Waals surface area (Å²) in [6.45, 7) is -1.99. The first-order chi connectivity index (χ1) is 11.1. The first kappa shape index (κ1) is 20.1. The predicted octanol–water partition coefficient (Wildman–Crippen LogP) is 2.50. The quantitative estimate of drug-likeness (QED) is 0.403. The average molecular weight is 451 g/mol. The van der Waals surface area contributed by atoms with Crippen LogP contribution in [0.1, 0.15) is 11.3 Å². The summed E-state index contributed by atoms with van der Waals surface area (Å²) < 4.78 is 31.0. The van der Waals surface area contributed by atoms with Crippen molar-refractivity contribution < 1.29 is 13.5 Å². The van der Waals surface area contributed by atoms with Gasteiger partial charge in [-0.2, -0.15) is 13.9 Å². The van der Waals surface area contributed by atoms with Gasteiger partial charge in [0.15, 0.2) is 5.96 Å². The molecule has 0 saturated heterocycles. The number of ether oxygens (including phenoxy) is 1. The molecule has 1 aromatic heterocycles. The van der Waals surface area contributed by atoms with E-state index in [9.17, 15) is 8.78 Å². The summed E-state index contributed by atoms with van der Waals surface area (Å²) in [5.41, 5.74) is 1.62. The van der Waals surface area contributed by atoms with Crippen LogP contribution in [0.5, 0.6) is 5.75 Å². The maximum absolute atomic E-state index is 12.4. The van der Waals surface area contributed by atoms with Crippen LogP contribution >= 0.6 is 24.0 Å². The number of nitrogens with one attached hydrogen (secondary N) is 2. The van der Waals surface area contributed by atoms with Gasteiger partial charge in [-0.25, -0.2) is 0 Å². The Labute approximate surface area is 156 Å². The Morgan fingerprint density at radius 1 is 1.25 bits per heavy atom. The fraction of sp³-hybridized carbons (Fsp3) is 0.333. The van der Waals surface area contributed by atoms with E-state index in [1.165, 1.54) is 6.07 Å². The second-order valence-corrected chi connectivity index (χ2v) is 4.71. The highest BCUT2D eigenvalue weighted by Crippen LogP contribution is 2.19. The van der Waals surface area contributed by atoms with Crippen LogP contribution in [-0.2, 0) is 20.1 Å². The van der Waals surface area contributed by atoms with Crippen molar-refractivity contribution in [3.05, 3.63) is 47.8 Å². The van der Waals surface area contributed by atoms with Crippen molar-refractivity contribution in [2.24, 2.45) is 12.0 Å². The minimum absolute atomic E-state index is 0.